The summed E-state index contributed by atoms with van der Waals surface area (Å²) < 4.78 is 15.9. The number of carboxylic acids is 1. The molecule has 1 aromatic carbocycles. The maximum atomic E-state index is 11.1. The minimum atomic E-state index is -0.936. The quantitative estimate of drug-likeness (QED) is 0.807. The third-order valence-electron chi connectivity index (χ3n) is 2.59. The maximum Gasteiger partial charge on any atom is 0.324 e. The predicted octanol–water partition coefficient (Wildman–Crippen LogP) is 1.25. The van der Waals surface area contributed by atoms with E-state index in [9.17, 15) is 4.79 Å². The second kappa shape index (κ2) is 5.79. The number of carboxylic acid groups (broad SMARTS) is 1. The Morgan fingerprint density at radius 1 is 1.42 bits per heavy atom. The van der Waals surface area contributed by atoms with E-state index in [0.717, 1.165) is 0 Å². The van der Waals surface area contributed by atoms with Crippen molar-refractivity contribution in [1.82, 2.24) is 5.32 Å². The zero-order valence-corrected chi connectivity index (χ0v) is 10.9. The Labute approximate surface area is 111 Å². The van der Waals surface area contributed by atoms with Gasteiger partial charge in [0.05, 0.1) is 0 Å². The van der Waals surface area contributed by atoms with Gasteiger partial charge in [0.25, 0.3) is 0 Å². The summed E-state index contributed by atoms with van der Waals surface area (Å²) in [6, 6.07) is 4.48. The van der Waals surface area contributed by atoms with Gasteiger partial charge in [0.15, 0.2) is 11.5 Å². The van der Waals surface area contributed by atoms with Crippen molar-refractivity contribution in [3.63, 3.8) is 0 Å². The van der Waals surface area contributed by atoms with Gasteiger partial charge < -0.3 is 19.3 Å². The van der Waals surface area contributed by atoms with Crippen LogP contribution < -0.4 is 19.5 Å². The van der Waals surface area contributed by atoms with E-state index in [0.29, 0.717) is 17.2 Å². The number of rotatable bonds is 6. The molecule has 0 bridgehead atoms. The smallest absolute Gasteiger partial charge is 0.324 e. The molecule has 1 unspecified atom stereocenters. The lowest BCUT2D eigenvalue weighted by Crippen LogP contribution is -2.44. The third kappa shape index (κ3) is 3.51. The van der Waals surface area contributed by atoms with Crippen molar-refractivity contribution < 1.29 is 24.1 Å². The number of hydrogen-bond donors (Lipinski definition) is 2. The van der Waals surface area contributed by atoms with E-state index in [4.69, 9.17) is 19.3 Å². The van der Waals surface area contributed by atoms with Gasteiger partial charge in [-0.1, -0.05) is 13.8 Å². The first kappa shape index (κ1) is 13.5. The molecule has 19 heavy (non-hydrogen) atoms. The average molecular weight is 267 g/mol. The van der Waals surface area contributed by atoms with Crippen LogP contribution in [0.3, 0.4) is 0 Å². The number of hydrogen-bond acceptors (Lipinski definition) is 5. The van der Waals surface area contributed by atoms with Crippen molar-refractivity contribution >= 4 is 5.97 Å². The van der Waals surface area contributed by atoms with Gasteiger partial charge in [0, 0.05) is 12.1 Å². The summed E-state index contributed by atoms with van der Waals surface area (Å²) >= 11 is 0. The van der Waals surface area contributed by atoms with E-state index >= 15 is 0 Å². The molecular weight excluding hydrogens is 250 g/mol. The zero-order chi connectivity index (χ0) is 13.8. The van der Waals surface area contributed by atoms with Gasteiger partial charge in [-0.2, -0.15) is 0 Å². The molecule has 0 spiro atoms. The summed E-state index contributed by atoms with van der Waals surface area (Å²) in [5.74, 6) is 0.902. The standard InChI is InChI=1S/C13H17NO5/c1-8(2)14-10(13(15)16)6-17-9-3-4-11-12(5-9)19-7-18-11/h3-5,8,10,14H,6-7H2,1-2H3,(H,15,16). The largest absolute Gasteiger partial charge is 0.491 e. The molecule has 0 aromatic heterocycles. The molecule has 1 aromatic rings. The van der Waals surface area contributed by atoms with Gasteiger partial charge in [-0.05, 0) is 12.1 Å². The molecular formula is C13H17NO5. The van der Waals surface area contributed by atoms with E-state index in [-0.39, 0.29) is 19.4 Å². The Morgan fingerprint density at radius 3 is 2.84 bits per heavy atom. The molecule has 0 saturated carbocycles. The minimum absolute atomic E-state index is 0.0488. The van der Waals surface area contributed by atoms with Crippen LogP contribution >= 0.6 is 0 Å². The molecule has 1 heterocycles. The highest BCUT2D eigenvalue weighted by molar-refractivity contribution is 5.73. The van der Waals surface area contributed by atoms with Gasteiger partial charge in [-0.15, -0.1) is 0 Å². The monoisotopic (exact) mass is 267 g/mol. The first-order valence-corrected chi connectivity index (χ1v) is 6.07. The number of benzene rings is 1. The lowest BCUT2D eigenvalue weighted by molar-refractivity contribution is -0.140. The van der Waals surface area contributed by atoms with E-state index in [2.05, 4.69) is 5.32 Å². The van der Waals surface area contributed by atoms with E-state index in [1.54, 1.807) is 18.2 Å². The van der Waals surface area contributed by atoms with Crippen LogP contribution in [0.1, 0.15) is 13.8 Å². The molecule has 1 aliphatic heterocycles. The highest BCUT2D eigenvalue weighted by Crippen LogP contribution is 2.35. The zero-order valence-electron chi connectivity index (χ0n) is 10.9. The molecule has 6 heteroatoms. The molecule has 104 valence electrons. The van der Waals surface area contributed by atoms with Crippen LogP contribution in [-0.4, -0.2) is 36.6 Å². The van der Waals surface area contributed by atoms with Crippen molar-refractivity contribution in [2.45, 2.75) is 25.9 Å². The Bertz CT molecular complexity index is 460. The maximum absolute atomic E-state index is 11.1. The summed E-state index contributed by atoms with van der Waals surface area (Å²) in [6.07, 6.45) is 0. The Balaban J connectivity index is 1.95. The molecule has 1 aliphatic rings. The number of ether oxygens (including phenoxy) is 3. The molecule has 0 amide bonds. The molecule has 0 aliphatic carbocycles. The molecule has 1 atom stereocenters. The lowest BCUT2D eigenvalue weighted by Gasteiger charge is -2.17. The van der Waals surface area contributed by atoms with Crippen LogP contribution in [0.25, 0.3) is 0 Å². The van der Waals surface area contributed by atoms with Gasteiger partial charge in [0.2, 0.25) is 6.79 Å². The van der Waals surface area contributed by atoms with E-state index in [1.165, 1.54) is 0 Å². The van der Waals surface area contributed by atoms with Gasteiger partial charge in [-0.3, -0.25) is 10.1 Å². The van der Waals surface area contributed by atoms with Crippen molar-refractivity contribution in [2.75, 3.05) is 13.4 Å². The fourth-order valence-corrected chi connectivity index (χ4v) is 1.74. The summed E-state index contributed by atoms with van der Waals surface area (Å²) in [7, 11) is 0. The van der Waals surface area contributed by atoms with Crippen molar-refractivity contribution in [1.29, 1.82) is 0 Å². The van der Waals surface area contributed by atoms with Crippen molar-refractivity contribution in [2.24, 2.45) is 0 Å². The number of aliphatic carboxylic acids is 1. The van der Waals surface area contributed by atoms with Gasteiger partial charge in [-0.25, -0.2) is 0 Å². The number of fused-ring (bicyclic) bond motifs is 1. The summed E-state index contributed by atoms with van der Waals surface area (Å²) in [5, 5.41) is 12.0. The Hall–Kier alpha value is -1.95. The average Bonchev–Trinajstić information content (AvgIpc) is 2.80. The SMILES string of the molecule is CC(C)NC(COc1ccc2c(c1)OCO2)C(=O)O. The second-order valence-corrected chi connectivity index (χ2v) is 4.54. The fourth-order valence-electron chi connectivity index (χ4n) is 1.74. The summed E-state index contributed by atoms with van der Waals surface area (Å²) in [4.78, 5) is 11.1. The first-order chi connectivity index (χ1) is 9.06. The lowest BCUT2D eigenvalue weighted by atomic mass is 10.2. The molecule has 2 rings (SSSR count). The van der Waals surface area contributed by atoms with E-state index in [1.807, 2.05) is 13.8 Å². The van der Waals surface area contributed by atoms with Crippen LogP contribution in [0.2, 0.25) is 0 Å². The Kier molecular flexibility index (Phi) is 4.11. The fraction of sp³-hybridized carbons (Fsp3) is 0.462. The Morgan fingerprint density at radius 2 is 2.16 bits per heavy atom. The molecule has 2 N–H and O–H groups in total. The topological polar surface area (TPSA) is 77.0 Å². The number of carbonyl (C=O) groups is 1. The van der Waals surface area contributed by atoms with Crippen LogP contribution in [-0.2, 0) is 4.79 Å². The van der Waals surface area contributed by atoms with E-state index < -0.39 is 12.0 Å². The van der Waals surface area contributed by atoms with Crippen molar-refractivity contribution in [3.05, 3.63) is 18.2 Å². The van der Waals surface area contributed by atoms with Gasteiger partial charge >= 0.3 is 5.97 Å². The van der Waals surface area contributed by atoms with Crippen LogP contribution in [0.5, 0.6) is 17.2 Å². The second-order valence-electron chi connectivity index (χ2n) is 4.54. The molecule has 0 saturated heterocycles. The first-order valence-electron chi connectivity index (χ1n) is 6.07. The summed E-state index contributed by atoms with van der Waals surface area (Å²) in [6.45, 7) is 4.02. The molecule has 0 fully saturated rings. The predicted molar refractivity (Wildman–Crippen MR) is 67.8 cm³/mol. The molecule has 6 nitrogen and oxygen atoms in total. The van der Waals surface area contributed by atoms with Crippen LogP contribution in [0.4, 0.5) is 0 Å². The van der Waals surface area contributed by atoms with Crippen LogP contribution in [0.15, 0.2) is 18.2 Å². The van der Waals surface area contributed by atoms with Crippen molar-refractivity contribution in [3.8, 4) is 17.2 Å². The third-order valence-corrected chi connectivity index (χ3v) is 2.59. The molecule has 0 radical (unpaired) electrons. The van der Waals surface area contributed by atoms with Crippen LogP contribution in [0, 0.1) is 0 Å². The normalized spacial score (nSPS) is 14.5. The minimum Gasteiger partial charge on any atom is -0.491 e. The highest BCUT2D eigenvalue weighted by Gasteiger charge is 2.20. The van der Waals surface area contributed by atoms with Gasteiger partial charge in [0.1, 0.15) is 18.4 Å². The number of nitrogens with one attached hydrogen (secondary N) is 1. The summed E-state index contributed by atoms with van der Waals surface area (Å²) in [5.41, 5.74) is 0. The highest BCUT2D eigenvalue weighted by atomic mass is 16.7.